The van der Waals surface area contributed by atoms with Crippen molar-refractivity contribution in [3.63, 3.8) is 0 Å². The number of benzene rings is 1. The summed E-state index contributed by atoms with van der Waals surface area (Å²) in [6.45, 7) is 9.45. The van der Waals surface area contributed by atoms with Crippen LogP contribution in [-0.4, -0.2) is 12.6 Å². The summed E-state index contributed by atoms with van der Waals surface area (Å²) in [7, 11) is 0. The third-order valence-electron chi connectivity index (χ3n) is 3.95. The highest BCUT2D eigenvalue weighted by Gasteiger charge is 2.26. The van der Waals surface area contributed by atoms with Gasteiger partial charge in [-0.3, -0.25) is 0 Å². The first-order valence-corrected chi connectivity index (χ1v) is 7.09. The van der Waals surface area contributed by atoms with E-state index in [2.05, 4.69) is 33.0 Å². The monoisotopic (exact) mass is 269 g/mol. The topological polar surface area (TPSA) is 12.0 Å². The van der Waals surface area contributed by atoms with Gasteiger partial charge in [-0.15, -0.1) is 0 Å². The van der Waals surface area contributed by atoms with Gasteiger partial charge < -0.3 is 5.32 Å². The fourth-order valence-corrected chi connectivity index (χ4v) is 2.32. The average Bonchev–Trinajstić information content (AvgIpc) is 2.39. The molecule has 0 aliphatic rings. The van der Waals surface area contributed by atoms with E-state index in [0.717, 1.165) is 31.4 Å². The van der Waals surface area contributed by atoms with Gasteiger partial charge >= 0.3 is 0 Å². The van der Waals surface area contributed by atoms with Gasteiger partial charge in [-0.25, -0.2) is 8.78 Å². The minimum Gasteiger partial charge on any atom is -0.314 e. The van der Waals surface area contributed by atoms with E-state index in [4.69, 9.17) is 0 Å². The normalized spacial score (nSPS) is 12.2. The zero-order valence-electron chi connectivity index (χ0n) is 12.4. The van der Waals surface area contributed by atoms with Crippen LogP contribution < -0.4 is 5.32 Å². The van der Waals surface area contributed by atoms with Crippen LogP contribution in [0.25, 0.3) is 0 Å². The Kier molecular flexibility index (Phi) is 5.92. The van der Waals surface area contributed by atoms with E-state index in [0.29, 0.717) is 6.04 Å². The fourth-order valence-electron chi connectivity index (χ4n) is 2.32. The molecule has 0 atom stereocenters. The minimum atomic E-state index is -0.775. The molecule has 0 spiro atoms. The van der Waals surface area contributed by atoms with E-state index in [9.17, 15) is 8.78 Å². The van der Waals surface area contributed by atoms with Crippen molar-refractivity contribution in [2.24, 2.45) is 5.41 Å². The Labute approximate surface area is 115 Å². The van der Waals surface area contributed by atoms with Crippen LogP contribution in [0, 0.1) is 17.0 Å². The van der Waals surface area contributed by atoms with Gasteiger partial charge in [0.15, 0.2) is 11.6 Å². The van der Waals surface area contributed by atoms with Crippen molar-refractivity contribution in [3.05, 3.63) is 35.4 Å². The third-order valence-corrected chi connectivity index (χ3v) is 3.95. The van der Waals surface area contributed by atoms with E-state index in [1.807, 2.05) is 0 Å². The van der Waals surface area contributed by atoms with Crippen molar-refractivity contribution in [3.8, 4) is 0 Å². The highest BCUT2D eigenvalue weighted by Crippen LogP contribution is 2.31. The molecule has 3 heteroatoms. The van der Waals surface area contributed by atoms with Crippen LogP contribution >= 0.6 is 0 Å². The van der Waals surface area contributed by atoms with Crippen LogP contribution in [0.15, 0.2) is 18.2 Å². The van der Waals surface area contributed by atoms with Crippen LogP contribution in [0.5, 0.6) is 0 Å². The van der Waals surface area contributed by atoms with Crippen LogP contribution in [0.4, 0.5) is 8.78 Å². The zero-order chi connectivity index (χ0) is 14.5. The maximum Gasteiger partial charge on any atom is 0.159 e. The van der Waals surface area contributed by atoms with Gasteiger partial charge in [0.2, 0.25) is 0 Å². The predicted molar refractivity (Wildman–Crippen MR) is 76.2 cm³/mol. The van der Waals surface area contributed by atoms with Crippen molar-refractivity contribution in [2.75, 3.05) is 6.54 Å². The van der Waals surface area contributed by atoms with Gasteiger partial charge in [0, 0.05) is 12.6 Å². The summed E-state index contributed by atoms with van der Waals surface area (Å²) in [6.07, 6.45) is 2.81. The van der Waals surface area contributed by atoms with E-state index < -0.39 is 11.6 Å². The molecular formula is C16H25F2N. The second-order valence-electron chi connectivity index (χ2n) is 5.67. The van der Waals surface area contributed by atoms with Crippen LogP contribution in [0.3, 0.4) is 0 Å². The molecule has 0 unspecified atom stereocenters. The van der Waals surface area contributed by atoms with E-state index in [1.54, 1.807) is 6.07 Å². The molecule has 0 amide bonds. The van der Waals surface area contributed by atoms with Crippen molar-refractivity contribution >= 4 is 0 Å². The summed E-state index contributed by atoms with van der Waals surface area (Å²) in [5, 5.41) is 3.47. The molecule has 0 aliphatic carbocycles. The van der Waals surface area contributed by atoms with Gasteiger partial charge in [-0.1, -0.05) is 33.8 Å². The maximum atomic E-state index is 13.3. The highest BCUT2D eigenvalue weighted by molar-refractivity contribution is 5.19. The Hall–Kier alpha value is -0.960. The number of hydrogen-bond acceptors (Lipinski definition) is 1. The minimum absolute atomic E-state index is 0.106. The lowest BCUT2D eigenvalue weighted by molar-refractivity contribution is 0.239. The van der Waals surface area contributed by atoms with Crippen molar-refractivity contribution in [2.45, 2.75) is 53.0 Å². The first-order valence-electron chi connectivity index (χ1n) is 7.09. The Balaban J connectivity index is 2.84. The third kappa shape index (κ3) is 4.57. The Morgan fingerprint density at radius 3 is 2.21 bits per heavy atom. The van der Waals surface area contributed by atoms with Crippen molar-refractivity contribution in [1.29, 1.82) is 0 Å². The smallest absolute Gasteiger partial charge is 0.159 e. The summed E-state index contributed by atoms with van der Waals surface area (Å²) in [5.41, 5.74) is 0.974. The number of hydrogen-bond donors (Lipinski definition) is 1. The van der Waals surface area contributed by atoms with E-state index >= 15 is 0 Å². The number of halogens is 2. The van der Waals surface area contributed by atoms with Gasteiger partial charge in [-0.2, -0.15) is 0 Å². The molecule has 0 bridgehead atoms. The summed E-state index contributed by atoms with van der Waals surface area (Å²) in [6, 6.07) is 4.66. The highest BCUT2D eigenvalue weighted by atomic mass is 19.2. The van der Waals surface area contributed by atoms with E-state index in [1.165, 1.54) is 12.1 Å². The molecular weight excluding hydrogens is 244 g/mol. The van der Waals surface area contributed by atoms with Crippen LogP contribution in [0.1, 0.15) is 46.1 Å². The SMILES string of the molecule is CCC(CC)(CNC(C)C)Cc1ccc(F)c(F)c1. The molecule has 1 rings (SSSR count). The molecule has 1 N–H and O–H groups in total. The largest absolute Gasteiger partial charge is 0.314 e. The van der Waals surface area contributed by atoms with Crippen LogP contribution in [0.2, 0.25) is 0 Å². The predicted octanol–water partition coefficient (Wildman–Crippen LogP) is 4.31. The average molecular weight is 269 g/mol. The first-order chi connectivity index (χ1) is 8.92. The molecule has 0 radical (unpaired) electrons. The standard InChI is InChI=1S/C16H25F2N/c1-5-16(6-2,11-19-12(3)4)10-13-7-8-14(17)15(18)9-13/h7-9,12,19H,5-6,10-11H2,1-4H3. The molecule has 1 nitrogen and oxygen atoms in total. The Morgan fingerprint density at radius 2 is 1.74 bits per heavy atom. The van der Waals surface area contributed by atoms with Gasteiger partial charge in [0.25, 0.3) is 0 Å². The molecule has 0 aliphatic heterocycles. The fraction of sp³-hybridized carbons (Fsp3) is 0.625. The second kappa shape index (κ2) is 6.99. The van der Waals surface area contributed by atoms with E-state index in [-0.39, 0.29) is 5.41 Å². The summed E-state index contributed by atoms with van der Waals surface area (Å²) in [5.74, 6) is -1.53. The molecule has 108 valence electrons. The van der Waals surface area contributed by atoms with Crippen molar-refractivity contribution < 1.29 is 8.78 Å². The molecule has 1 aromatic carbocycles. The van der Waals surface area contributed by atoms with Crippen molar-refractivity contribution in [1.82, 2.24) is 5.32 Å². The molecule has 0 aromatic heterocycles. The van der Waals surface area contributed by atoms with Crippen LogP contribution in [-0.2, 0) is 6.42 Å². The Bertz CT molecular complexity index is 398. The second-order valence-corrected chi connectivity index (χ2v) is 5.67. The quantitative estimate of drug-likeness (QED) is 0.777. The molecule has 0 heterocycles. The first kappa shape index (κ1) is 16.1. The molecule has 0 saturated carbocycles. The lowest BCUT2D eigenvalue weighted by Crippen LogP contribution is -2.38. The molecule has 0 fully saturated rings. The van der Waals surface area contributed by atoms with Gasteiger partial charge in [0.1, 0.15) is 0 Å². The zero-order valence-corrected chi connectivity index (χ0v) is 12.4. The molecule has 19 heavy (non-hydrogen) atoms. The molecule has 1 aromatic rings. The summed E-state index contributed by atoms with van der Waals surface area (Å²) in [4.78, 5) is 0. The lowest BCUT2D eigenvalue weighted by atomic mass is 9.76. The molecule has 0 saturated heterocycles. The Morgan fingerprint density at radius 1 is 1.11 bits per heavy atom. The lowest BCUT2D eigenvalue weighted by Gasteiger charge is -2.33. The van der Waals surface area contributed by atoms with Gasteiger partial charge in [0.05, 0.1) is 0 Å². The van der Waals surface area contributed by atoms with Gasteiger partial charge in [-0.05, 0) is 42.4 Å². The number of nitrogens with one attached hydrogen (secondary N) is 1. The maximum absolute atomic E-state index is 13.3. The summed E-state index contributed by atoms with van der Waals surface area (Å²) >= 11 is 0. The number of rotatable bonds is 7. The summed E-state index contributed by atoms with van der Waals surface area (Å²) < 4.78 is 26.2.